The molecule has 2 N–H and O–H groups in total. The second-order valence-electron chi connectivity index (χ2n) is 5.34. The molecular weight excluding hydrogens is 288 g/mol. The van der Waals surface area contributed by atoms with E-state index in [1.807, 2.05) is 7.05 Å². The molecular formula is C14H18N4O2S. The zero-order valence-electron chi connectivity index (χ0n) is 11.9. The van der Waals surface area contributed by atoms with Crippen LogP contribution in [0.3, 0.4) is 0 Å². The van der Waals surface area contributed by atoms with Gasteiger partial charge in [0, 0.05) is 32.2 Å². The van der Waals surface area contributed by atoms with Gasteiger partial charge in [-0.1, -0.05) is 0 Å². The average molecular weight is 306 g/mol. The summed E-state index contributed by atoms with van der Waals surface area (Å²) in [4.78, 5) is 15.6. The van der Waals surface area contributed by atoms with Crippen LogP contribution >= 0.6 is 11.3 Å². The van der Waals surface area contributed by atoms with E-state index in [1.165, 1.54) is 11.3 Å². The molecule has 2 aromatic heterocycles. The number of fused-ring (bicyclic) bond motifs is 1. The van der Waals surface area contributed by atoms with Crippen molar-refractivity contribution in [2.45, 2.75) is 12.8 Å². The summed E-state index contributed by atoms with van der Waals surface area (Å²) < 4.78 is 5.35. The Morgan fingerprint density at radius 2 is 2.29 bits per heavy atom. The molecule has 0 bridgehead atoms. The van der Waals surface area contributed by atoms with Gasteiger partial charge in [-0.05, 0) is 24.8 Å². The van der Waals surface area contributed by atoms with E-state index >= 15 is 0 Å². The van der Waals surface area contributed by atoms with Crippen molar-refractivity contribution in [3.63, 3.8) is 0 Å². The zero-order chi connectivity index (χ0) is 14.8. The van der Waals surface area contributed by atoms with E-state index in [0.29, 0.717) is 21.3 Å². The fraction of sp³-hybridized carbons (Fsp3) is 0.500. The number of aromatic nitrogens is 2. The molecule has 2 aromatic rings. The van der Waals surface area contributed by atoms with Crippen molar-refractivity contribution in [1.29, 1.82) is 0 Å². The van der Waals surface area contributed by atoms with Gasteiger partial charge < -0.3 is 15.4 Å². The van der Waals surface area contributed by atoms with Crippen LogP contribution in [-0.2, 0) is 4.74 Å². The van der Waals surface area contributed by atoms with Gasteiger partial charge in [-0.15, -0.1) is 16.4 Å². The minimum absolute atomic E-state index is 0.0398. The fourth-order valence-corrected chi connectivity index (χ4v) is 3.64. The summed E-state index contributed by atoms with van der Waals surface area (Å²) in [5.41, 5.74) is 6.59. The van der Waals surface area contributed by atoms with E-state index in [-0.39, 0.29) is 5.91 Å². The molecule has 7 heteroatoms. The molecule has 0 spiro atoms. The third kappa shape index (κ3) is 2.84. The first-order valence-corrected chi connectivity index (χ1v) is 7.81. The second kappa shape index (κ2) is 5.95. The molecule has 0 aromatic carbocycles. The Bertz CT molecular complexity index is 651. The molecule has 0 atom stereocenters. The van der Waals surface area contributed by atoms with Crippen LogP contribution in [0.1, 0.15) is 22.5 Å². The molecule has 1 saturated heterocycles. The Balaban J connectivity index is 1.77. The Labute approximate surface area is 126 Å². The Morgan fingerprint density at radius 3 is 3.00 bits per heavy atom. The number of thiophene rings is 1. The van der Waals surface area contributed by atoms with Gasteiger partial charge in [0.05, 0.1) is 11.9 Å². The van der Waals surface area contributed by atoms with Gasteiger partial charge >= 0.3 is 0 Å². The van der Waals surface area contributed by atoms with Gasteiger partial charge in [0.15, 0.2) is 0 Å². The van der Waals surface area contributed by atoms with Crippen LogP contribution < -0.4 is 5.73 Å². The second-order valence-corrected chi connectivity index (χ2v) is 6.34. The van der Waals surface area contributed by atoms with E-state index < -0.39 is 0 Å². The van der Waals surface area contributed by atoms with Crippen molar-refractivity contribution in [2.24, 2.45) is 5.92 Å². The molecule has 0 saturated carbocycles. The first-order chi connectivity index (χ1) is 10.2. The number of carbonyl (C=O) groups is 1. The van der Waals surface area contributed by atoms with Crippen molar-refractivity contribution in [1.82, 2.24) is 15.1 Å². The van der Waals surface area contributed by atoms with Crippen molar-refractivity contribution in [3.05, 3.63) is 17.1 Å². The zero-order valence-corrected chi connectivity index (χ0v) is 12.7. The highest BCUT2D eigenvalue weighted by Gasteiger charge is 2.23. The maximum atomic E-state index is 12.6. The number of ether oxygens (including phenoxy) is 1. The van der Waals surface area contributed by atoms with Gasteiger partial charge in [-0.2, -0.15) is 5.10 Å². The van der Waals surface area contributed by atoms with Crippen LogP contribution in [0, 0.1) is 5.92 Å². The largest absolute Gasteiger partial charge is 0.397 e. The lowest BCUT2D eigenvalue weighted by Crippen LogP contribution is -2.34. The molecule has 1 aliphatic rings. The SMILES string of the molecule is CN(CC1CCOCC1)C(=O)c1sc2nnccc2c1N. The average Bonchev–Trinajstić information content (AvgIpc) is 2.85. The number of nitrogen functional groups attached to an aromatic ring is 1. The summed E-state index contributed by atoms with van der Waals surface area (Å²) in [5, 5.41) is 8.66. The molecule has 6 nitrogen and oxygen atoms in total. The molecule has 1 fully saturated rings. The molecule has 0 aliphatic carbocycles. The van der Waals surface area contributed by atoms with Crippen molar-refractivity contribution < 1.29 is 9.53 Å². The third-order valence-electron chi connectivity index (χ3n) is 3.83. The lowest BCUT2D eigenvalue weighted by atomic mass is 10.00. The summed E-state index contributed by atoms with van der Waals surface area (Å²) in [6, 6.07) is 1.80. The fourth-order valence-electron chi connectivity index (χ4n) is 2.60. The monoisotopic (exact) mass is 306 g/mol. The van der Waals surface area contributed by atoms with Crippen molar-refractivity contribution >= 4 is 33.1 Å². The van der Waals surface area contributed by atoms with E-state index in [2.05, 4.69) is 10.2 Å². The molecule has 0 unspecified atom stereocenters. The van der Waals surface area contributed by atoms with Crippen LogP contribution in [-0.4, -0.2) is 47.8 Å². The normalized spacial score (nSPS) is 16.2. The van der Waals surface area contributed by atoms with Crippen molar-refractivity contribution in [2.75, 3.05) is 32.5 Å². The highest BCUT2D eigenvalue weighted by Crippen LogP contribution is 2.32. The quantitative estimate of drug-likeness (QED) is 0.934. The first kappa shape index (κ1) is 14.2. The van der Waals surface area contributed by atoms with Gasteiger partial charge in [0.2, 0.25) is 0 Å². The molecule has 1 aliphatic heterocycles. The lowest BCUT2D eigenvalue weighted by molar-refractivity contribution is 0.0499. The third-order valence-corrected chi connectivity index (χ3v) is 4.93. The maximum Gasteiger partial charge on any atom is 0.265 e. The molecule has 0 radical (unpaired) electrons. The minimum atomic E-state index is -0.0398. The van der Waals surface area contributed by atoms with Crippen molar-refractivity contribution in [3.8, 4) is 0 Å². The summed E-state index contributed by atoms with van der Waals surface area (Å²) in [5.74, 6) is 0.463. The maximum absolute atomic E-state index is 12.6. The lowest BCUT2D eigenvalue weighted by Gasteiger charge is -2.27. The number of hydrogen-bond donors (Lipinski definition) is 1. The smallest absolute Gasteiger partial charge is 0.265 e. The topological polar surface area (TPSA) is 81.3 Å². The molecule has 21 heavy (non-hydrogen) atoms. The standard InChI is InChI=1S/C14H18N4O2S/c1-18(8-9-3-6-20-7-4-9)14(19)12-11(15)10-2-5-16-17-13(10)21-12/h2,5,9H,3-4,6-8,15H2,1H3. The van der Waals surface area contributed by atoms with Crippen LogP contribution in [0.25, 0.3) is 10.2 Å². The number of amides is 1. The van der Waals surface area contributed by atoms with Gasteiger partial charge in [-0.3, -0.25) is 4.79 Å². The first-order valence-electron chi connectivity index (χ1n) is 6.99. The van der Waals surface area contributed by atoms with Crippen LogP contribution in [0.15, 0.2) is 12.3 Å². The van der Waals surface area contributed by atoms with E-state index in [1.54, 1.807) is 17.2 Å². The summed E-state index contributed by atoms with van der Waals surface area (Å²) in [6.45, 7) is 2.31. The Morgan fingerprint density at radius 1 is 1.52 bits per heavy atom. The number of rotatable bonds is 3. The number of nitrogens with two attached hydrogens (primary N) is 1. The van der Waals surface area contributed by atoms with E-state index in [9.17, 15) is 4.79 Å². The highest BCUT2D eigenvalue weighted by atomic mass is 32.1. The Kier molecular flexibility index (Phi) is 4.03. The number of hydrogen-bond acceptors (Lipinski definition) is 6. The number of anilines is 1. The predicted octanol–water partition coefficient (Wildman–Crippen LogP) is 1.77. The summed E-state index contributed by atoms with van der Waals surface area (Å²) >= 11 is 1.31. The summed E-state index contributed by atoms with van der Waals surface area (Å²) in [6.07, 6.45) is 3.60. The number of nitrogens with zero attached hydrogens (tertiary/aromatic N) is 3. The van der Waals surface area contributed by atoms with Crippen LogP contribution in [0.2, 0.25) is 0 Å². The molecule has 3 rings (SSSR count). The van der Waals surface area contributed by atoms with E-state index in [4.69, 9.17) is 10.5 Å². The minimum Gasteiger partial charge on any atom is -0.397 e. The van der Waals surface area contributed by atoms with E-state index in [0.717, 1.165) is 38.0 Å². The molecule has 112 valence electrons. The molecule has 3 heterocycles. The van der Waals surface area contributed by atoms with Gasteiger partial charge in [-0.25, -0.2) is 0 Å². The highest BCUT2D eigenvalue weighted by molar-refractivity contribution is 7.21. The van der Waals surface area contributed by atoms with Crippen LogP contribution in [0.4, 0.5) is 5.69 Å². The molecule has 1 amide bonds. The number of carbonyl (C=O) groups excluding carboxylic acids is 1. The van der Waals surface area contributed by atoms with Crippen LogP contribution in [0.5, 0.6) is 0 Å². The van der Waals surface area contributed by atoms with Gasteiger partial charge in [0.1, 0.15) is 9.71 Å². The summed E-state index contributed by atoms with van der Waals surface area (Å²) in [7, 11) is 1.83. The Hall–Kier alpha value is -1.73. The predicted molar refractivity (Wildman–Crippen MR) is 82.3 cm³/mol. The van der Waals surface area contributed by atoms with Gasteiger partial charge in [0.25, 0.3) is 5.91 Å².